The summed E-state index contributed by atoms with van der Waals surface area (Å²) in [5.74, 6) is 0. The van der Waals surface area contributed by atoms with Gasteiger partial charge >= 0.3 is 0 Å². The molecule has 0 aliphatic heterocycles. The van der Waals surface area contributed by atoms with Crippen molar-refractivity contribution < 1.29 is 5.21 Å². The van der Waals surface area contributed by atoms with Crippen molar-refractivity contribution in [1.82, 2.24) is 0 Å². The SMILES string of the molecule is Cc1c(N)cc(NO)cc1N. The molecule has 0 unspecified atom stereocenters. The molecule has 0 bridgehead atoms. The summed E-state index contributed by atoms with van der Waals surface area (Å²) in [5, 5.41) is 8.52. The van der Waals surface area contributed by atoms with E-state index >= 15 is 0 Å². The minimum Gasteiger partial charge on any atom is -0.398 e. The van der Waals surface area contributed by atoms with Gasteiger partial charge in [-0.15, -0.1) is 0 Å². The second-order valence-corrected chi connectivity index (χ2v) is 2.39. The van der Waals surface area contributed by atoms with Gasteiger partial charge < -0.3 is 11.5 Å². The first-order chi connectivity index (χ1) is 5.15. The summed E-state index contributed by atoms with van der Waals surface area (Å²) in [6, 6.07) is 3.23. The summed E-state index contributed by atoms with van der Waals surface area (Å²) in [6.07, 6.45) is 0. The fourth-order valence-corrected chi connectivity index (χ4v) is 0.824. The Labute approximate surface area is 64.8 Å². The van der Waals surface area contributed by atoms with Crippen LogP contribution in [0, 0.1) is 6.92 Å². The van der Waals surface area contributed by atoms with Crippen molar-refractivity contribution in [2.45, 2.75) is 6.92 Å². The Morgan fingerprint density at radius 1 is 1.27 bits per heavy atom. The molecule has 0 saturated heterocycles. The van der Waals surface area contributed by atoms with Crippen molar-refractivity contribution >= 4 is 17.1 Å². The molecule has 1 rings (SSSR count). The normalized spacial score (nSPS) is 9.64. The van der Waals surface area contributed by atoms with E-state index in [1.807, 2.05) is 12.4 Å². The van der Waals surface area contributed by atoms with Gasteiger partial charge in [-0.2, -0.15) is 0 Å². The number of anilines is 3. The predicted octanol–water partition coefficient (Wildman–Crippen LogP) is 0.961. The Kier molecular flexibility index (Phi) is 1.87. The van der Waals surface area contributed by atoms with Gasteiger partial charge in [0.25, 0.3) is 0 Å². The number of hydrogen-bond acceptors (Lipinski definition) is 4. The number of hydrogen-bond donors (Lipinski definition) is 4. The smallest absolute Gasteiger partial charge is 0.0643 e. The van der Waals surface area contributed by atoms with Crippen molar-refractivity contribution in [3.63, 3.8) is 0 Å². The van der Waals surface area contributed by atoms with Crippen LogP contribution >= 0.6 is 0 Å². The molecule has 4 heteroatoms. The third-order valence-electron chi connectivity index (χ3n) is 1.62. The third-order valence-corrected chi connectivity index (χ3v) is 1.62. The molecule has 0 radical (unpaired) electrons. The van der Waals surface area contributed by atoms with Crippen LogP contribution in [0.25, 0.3) is 0 Å². The maximum atomic E-state index is 8.52. The predicted molar refractivity (Wildman–Crippen MR) is 45.4 cm³/mol. The molecule has 1 aromatic carbocycles. The minimum absolute atomic E-state index is 0.505. The van der Waals surface area contributed by atoms with Crippen LogP contribution in [0.4, 0.5) is 17.1 Å². The first kappa shape index (κ1) is 7.68. The molecule has 0 aliphatic rings. The van der Waals surface area contributed by atoms with Crippen LogP contribution in [0.15, 0.2) is 12.1 Å². The Balaban J connectivity index is 3.21. The lowest BCUT2D eigenvalue weighted by Crippen LogP contribution is -1.98. The molecule has 1 aromatic rings. The maximum Gasteiger partial charge on any atom is 0.0643 e. The summed E-state index contributed by atoms with van der Waals surface area (Å²) in [7, 11) is 0. The van der Waals surface area contributed by atoms with Crippen molar-refractivity contribution in [3.8, 4) is 0 Å². The molecule has 11 heavy (non-hydrogen) atoms. The summed E-state index contributed by atoms with van der Waals surface area (Å²) in [5.41, 5.74) is 15.6. The molecule has 0 aromatic heterocycles. The largest absolute Gasteiger partial charge is 0.398 e. The van der Waals surface area contributed by atoms with E-state index in [4.69, 9.17) is 16.7 Å². The number of nitrogens with two attached hydrogens (primary N) is 2. The van der Waals surface area contributed by atoms with Gasteiger partial charge in [0.05, 0.1) is 5.69 Å². The fraction of sp³-hybridized carbons (Fsp3) is 0.143. The van der Waals surface area contributed by atoms with E-state index in [2.05, 4.69) is 0 Å². The maximum absolute atomic E-state index is 8.52. The number of benzene rings is 1. The van der Waals surface area contributed by atoms with Gasteiger partial charge in [-0.25, -0.2) is 0 Å². The fourth-order valence-electron chi connectivity index (χ4n) is 0.824. The highest BCUT2D eigenvalue weighted by molar-refractivity contribution is 5.68. The molecule has 0 amide bonds. The van der Waals surface area contributed by atoms with Crippen LogP contribution in [0.1, 0.15) is 5.56 Å². The molecule has 0 saturated carbocycles. The van der Waals surface area contributed by atoms with E-state index in [0.717, 1.165) is 5.56 Å². The zero-order valence-electron chi connectivity index (χ0n) is 6.26. The second-order valence-electron chi connectivity index (χ2n) is 2.39. The van der Waals surface area contributed by atoms with Gasteiger partial charge in [0.15, 0.2) is 0 Å². The monoisotopic (exact) mass is 153 g/mol. The van der Waals surface area contributed by atoms with E-state index < -0.39 is 0 Å². The quantitative estimate of drug-likeness (QED) is 0.357. The van der Waals surface area contributed by atoms with E-state index in [0.29, 0.717) is 17.1 Å². The molecule has 6 N–H and O–H groups in total. The molecule has 0 spiro atoms. The molecule has 0 fully saturated rings. The zero-order chi connectivity index (χ0) is 8.43. The van der Waals surface area contributed by atoms with E-state index in [9.17, 15) is 0 Å². The van der Waals surface area contributed by atoms with Crippen LogP contribution in [0.3, 0.4) is 0 Å². The zero-order valence-corrected chi connectivity index (χ0v) is 6.26. The highest BCUT2D eigenvalue weighted by Gasteiger charge is 2.00. The van der Waals surface area contributed by atoms with Gasteiger partial charge in [0.1, 0.15) is 0 Å². The Hall–Kier alpha value is -1.42. The van der Waals surface area contributed by atoms with Crippen molar-refractivity contribution in [2.75, 3.05) is 16.9 Å². The molecule has 0 atom stereocenters. The average Bonchev–Trinajstić information content (AvgIpc) is 1.99. The topological polar surface area (TPSA) is 84.3 Å². The molecular weight excluding hydrogens is 142 g/mol. The Morgan fingerprint density at radius 2 is 1.73 bits per heavy atom. The van der Waals surface area contributed by atoms with Crippen LogP contribution in [-0.2, 0) is 0 Å². The molecule has 0 aliphatic carbocycles. The first-order valence-electron chi connectivity index (χ1n) is 3.21. The highest BCUT2D eigenvalue weighted by Crippen LogP contribution is 2.23. The molecule has 60 valence electrons. The van der Waals surface area contributed by atoms with Gasteiger partial charge in [-0.1, -0.05) is 0 Å². The number of rotatable bonds is 1. The lowest BCUT2D eigenvalue weighted by Gasteiger charge is -2.06. The highest BCUT2D eigenvalue weighted by atomic mass is 16.5. The molecular formula is C7H11N3O. The van der Waals surface area contributed by atoms with E-state index in [-0.39, 0.29) is 0 Å². The summed E-state index contributed by atoms with van der Waals surface area (Å²) < 4.78 is 0. The Morgan fingerprint density at radius 3 is 2.09 bits per heavy atom. The summed E-state index contributed by atoms with van der Waals surface area (Å²) in [4.78, 5) is 0. The van der Waals surface area contributed by atoms with E-state index in [1.54, 1.807) is 12.1 Å². The minimum atomic E-state index is 0.505. The second kappa shape index (κ2) is 2.67. The van der Waals surface area contributed by atoms with Gasteiger partial charge in [0, 0.05) is 11.4 Å². The van der Waals surface area contributed by atoms with Crippen molar-refractivity contribution in [3.05, 3.63) is 17.7 Å². The first-order valence-corrected chi connectivity index (χ1v) is 3.21. The van der Waals surface area contributed by atoms with Crippen LogP contribution < -0.4 is 16.9 Å². The van der Waals surface area contributed by atoms with Gasteiger partial charge in [0.2, 0.25) is 0 Å². The van der Waals surface area contributed by atoms with Crippen molar-refractivity contribution in [1.29, 1.82) is 0 Å². The van der Waals surface area contributed by atoms with E-state index in [1.165, 1.54) is 0 Å². The Bertz CT molecular complexity index is 249. The van der Waals surface area contributed by atoms with Crippen LogP contribution in [0.5, 0.6) is 0 Å². The average molecular weight is 153 g/mol. The van der Waals surface area contributed by atoms with Crippen LogP contribution in [-0.4, -0.2) is 5.21 Å². The molecule has 4 nitrogen and oxygen atoms in total. The standard InChI is InChI=1S/C7H11N3O/c1-4-6(8)2-5(10-11)3-7(4)9/h2-3,10-11H,8-9H2,1H3. The lowest BCUT2D eigenvalue weighted by molar-refractivity contribution is 0.389. The summed E-state index contributed by atoms with van der Waals surface area (Å²) >= 11 is 0. The lowest BCUT2D eigenvalue weighted by atomic mass is 10.1. The number of nitrogen functional groups attached to an aromatic ring is 2. The van der Waals surface area contributed by atoms with Crippen molar-refractivity contribution in [2.24, 2.45) is 0 Å². The molecule has 0 heterocycles. The van der Waals surface area contributed by atoms with Gasteiger partial charge in [-0.05, 0) is 24.6 Å². The third kappa shape index (κ3) is 1.35. The van der Waals surface area contributed by atoms with Gasteiger partial charge in [-0.3, -0.25) is 10.7 Å². The summed E-state index contributed by atoms with van der Waals surface area (Å²) in [6.45, 7) is 1.83. The number of nitrogens with one attached hydrogen (secondary N) is 1. The van der Waals surface area contributed by atoms with Crippen LogP contribution in [0.2, 0.25) is 0 Å².